The molecule has 2 rings (SSSR count). The minimum absolute atomic E-state index is 0. The Morgan fingerprint density at radius 2 is 0.909 bits per heavy atom. The summed E-state index contributed by atoms with van der Waals surface area (Å²) in [7, 11) is -0.641. The van der Waals surface area contributed by atoms with E-state index in [1.54, 1.807) is 0 Å². The molecule has 0 fully saturated rings. The Kier molecular flexibility index (Phi) is 5.98. The molecule has 0 saturated heterocycles. The number of rotatable bonds is 2. The van der Waals surface area contributed by atoms with Crippen molar-refractivity contribution in [1.29, 1.82) is 0 Å². The third-order valence-electron chi connectivity index (χ3n) is 6.24. The molecule has 0 saturated carbocycles. The Labute approximate surface area is 162 Å². The molecule has 0 aromatic carbocycles. The van der Waals surface area contributed by atoms with Gasteiger partial charge in [-0.25, -0.2) is 0 Å². The van der Waals surface area contributed by atoms with Crippen LogP contribution in [0.5, 0.6) is 0 Å². The van der Waals surface area contributed by atoms with Crippen LogP contribution in [-0.4, -0.2) is 9.52 Å². The van der Waals surface area contributed by atoms with E-state index in [0.29, 0.717) is 0 Å². The molecular formula is C18H26Cl2SiTi. The Bertz CT molecular complexity index is 546. The molecule has 0 nitrogen and oxygen atoms in total. The van der Waals surface area contributed by atoms with Gasteiger partial charge < -0.3 is 0 Å². The van der Waals surface area contributed by atoms with Crippen molar-refractivity contribution in [2.24, 2.45) is 0 Å². The SMILES string of the molecule is CC1=C(C)C(C)([SiH2]C2(C)C(C)=C(C)C(C)=C2Cl)C(Cl)=C1C.[Ti]. The van der Waals surface area contributed by atoms with Crippen molar-refractivity contribution in [3.8, 4) is 0 Å². The minimum atomic E-state index is -0.641. The van der Waals surface area contributed by atoms with E-state index in [4.69, 9.17) is 23.2 Å². The average molecular weight is 389 g/mol. The largest absolute Gasteiger partial charge is 0.0882 e. The number of halogens is 2. The van der Waals surface area contributed by atoms with Gasteiger partial charge >= 0.3 is 0 Å². The van der Waals surface area contributed by atoms with Crippen LogP contribution in [0.1, 0.15) is 55.4 Å². The molecule has 0 spiro atoms. The van der Waals surface area contributed by atoms with Crippen LogP contribution in [-0.2, 0) is 21.7 Å². The normalized spacial score (nSPS) is 33.0. The smallest absolute Gasteiger partial charge is 0.0567 e. The molecule has 0 radical (unpaired) electrons. The zero-order valence-corrected chi connectivity index (χ0v) is 19.5. The van der Waals surface area contributed by atoms with Crippen LogP contribution >= 0.6 is 23.2 Å². The summed E-state index contributed by atoms with van der Waals surface area (Å²) in [5.74, 6) is 0. The maximum absolute atomic E-state index is 6.77. The number of hydrogen-bond acceptors (Lipinski definition) is 0. The summed E-state index contributed by atoms with van der Waals surface area (Å²) < 4.78 is 0. The van der Waals surface area contributed by atoms with Crippen LogP contribution in [0.25, 0.3) is 0 Å². The van der Waals surface area contributed by atoms with Crippen LogP contribution in [0.3, 0.4) is 0 Å². The van der Waals surface area contributed by atoms with Gasteiger partial charge in [-0.2, -0.15) is 0 Å². The second kappa shape index (κ2) is 6.41. The van der Waals surface area contributed by atoms with Crippen molar-refractivity contribution in [3.63, 3.8) is 0 Å². The van der Waals surface area contributed by atoms with Gasteiger partial charge in [0.2, 0.25) is 0 Å². The number of allylic oxidation sites excluding steroid dienone is 8. The maximum atomic E-state index is 6.77. The first-order valence-electron chi connectivity index (χ1n) is 7.59. The van der Waals surface area contributed by atoms with Crippen molar-refractivity contribution in [2.45, 2.75) is 65.5 Å². The third-order valence-corrected chi connectivity index (χ3v) is 11.3. The summed E-state index contributed by atoms with van der Waals surface area (Å²) in [6.45, 7) is 17.8. The van der Waals surface area contributed by atoms with E-state index in [0.717, 1.165) is 10.1 Å². The van der Waals surface area contributed by atoms with Crippen LogP contribution in [0.15, 0.2) is 43.5 Å². The van der Waals surface area contributed by atoms with Gasteiger partial charge in [0.1, 0.15) is 0 Å². The fraction of sp³-hybridized carbons (Fsp3) is 0.556. The summed E-state index contributed by atoms with van der Waals surface area (Å²) in [6, 6.07) is 0. The van der Waals surface area contributed by atoms with Gasteiger partial charge in [0.25, 0.3) is 0 Å². The van der Waals surface area contributed by atoms with E-state index >= 15 is 0 Å². The predicted octanol–water partition coefficient (Wildman–Crippen LogP) is 6.24. The van der Waals surface area contributed by atoms with Crippen LogP contribution in [0, 0.1) is 0 Å². The standard InChI is InChI=1S/C18H26Cl2Si.Ti/c1-9-11(3)15(19)17(7,13(9)5)21-18(8)14(6)10(2)12(4)16(18)20;/h21H2,1-8H3;. The van der Waals surface area contributed by atoms with Gasteiger partial charge in [-0.05, 0) is 63.8 Å². The molecule has 0 N–H and O–H groups in total. The van der Waals surface area contributed by atoms with E-state index in [9.17, 15) is 0 Å². The van der Waals surface area contributed by atoms with E-state index in [-0.39, 0.29) is 31.8 Å². The first-order valence-corrected chi connectivity index (χ1v) is 9.76. The quantitative estimate of drug-likeness (QED) is 0.491. The van der Waals surface area contributed by atoms with Gasteiger partial charge in [0, 0.05) is 41.9 Å². The Morgan fingerprint density at radius 1 is 0.636 bits per heavy atom. The summed E-state index contributed by atoms with van der Waals surface area (Å²) in [4.78, 5) is 0. The Balaban J connectivity index is 0.00000242. The molecule has 0 aromatic heterocycles. The number of hydrogen-bond donors (Lipinski definition) is 0. The molecule has 0 amide bonds. The molecule has 22 heavy (non-hydrogen) atoms. The molecule has 2 unspecified atom stereocenters. The molecule has 0 aliphatic heterocycles. The summed E-state index contributed by atoms with van der Waals surface area (Å²) >= 11 is 13.5. The predicted molar refractivity (Wildman–Crippen MR) is 99.1 cm³/mol. The zero-order chi connectivity index (χ0) is 16.3. The van der Waals surface area contributed by atoms with Crippen molar-refractivity contribution >= 4 is 32.7 Å². The van der Waals surface area contributed by atoms with Crippen LogP contribution in [0.2, 0.25) is 10.1 Å². The van der Waals surface area contributed by atoms with Gasteiger partial charge in [0.15, 0.2) is 0 Å². The molecule has 120 valence electrons. The Morgan fingerprint density at radius 3 is 1.09 bits per heavy atom. The molecule has 2 aliphatic rings. The topological polar surface area (TPSA) is 0 Å². The maximum Gasteiger partial charge on any atom is 0.0567 e. The second-order valence-electron chi connectivity index (χ2n) is 7.22. The fourth-order valence-electron chi connectivity index (χ4n) is 4.00. The first kappa shape index (κ1) is 20.5. The fourth-order valence-corrected chi connectivity index (χ4v) is 8.29. The van der Waals surface area contributed by atoms with Gasteiger partial charge in [-0.15, -0.1) is 0 Å². The van der Waals surface area contributed by atoms with Crippen molar-refractivity contribution < 1.29 is 21.7 Å². The minimum Gasteiger partial charge on any atom is -0.0882 e. The first-order chi connectivity index (χ1) is 9.48. The molecular weight excluding hydrogens is 363 g/mol. The molecule has 0 aromatic rings. The van der Waals surface area contributed by atoms with E-state index < -0.39 is 9.52 Å². The van der Waals surface area contributed by atoms with Gasteiger partial charge in [0.05, 0.1) is 9.52 Å². The molecule has 2 aliphatic carbocycles. The van der Waals surface area contributed by atoms with Crippen molar-refractivity contribution in [1.82, 2.24) is 0 Å². The van der Waals surface area contributed by atoms with E-state index in [2.05, 4.69) is 55.4 Å². The molecule has 0 bridgehead atoms. The zero-order valence-electron chi connectivity index (χ0n) is 15.0. The molecule has 0 heterocycles. The van der Waals surface area contributed by atoms with Crippen LogP contribution in [0.4, 0.5) is 0 Å². The monoisotopic (exact) mass is 388 g/mol. The van der Waals surface area contributed by atoms with Crippen LogP contribution < -0.4 is 0 Å². The average Bonchev–Trinajstić information content (AvgIpc) is 2.67. The third kappa shape index (κ3) is 2.62. The Hall–Kier alpha value is 0.471. The van der Waals surface area contributed by atoms with E-state index in [1.807, 2.05) is 0 Å². The summed E-state index contributed by atoms with van der Waals surface area (Å²) in [6.07, 6.45) is 0. The summed E-state index contributed by atoms with van der Waals surface area (Å²) in [5.41, 5.74) is 8.15. The van der Waals surface area contributed by atoms with Crippen molar-refractivity contribution in [3.05, 3.63) is 43.5 Å². The molecule has 2 atom stereocenters. The van der Waals surface area contributed by atoms with E-state index in [1.165, 1.54) is 33.4 Å². The van der Waals surface area contributed by atoms with Crippen molar-refractivity contribution in [2.75, 3.05) is 0 Å². The summed E-state index contributed by atoms with van der Waals surface area (Å²) in [5, 5.41) is 2.14. The second-order valence-corrected chi connectivity index (χ2v) is 11.2. The van der Waals surface area contributed by atoms with Gasteiger partial charge in [-0.1, -0.05) is 48.2 Å². The molecule has 4 heteroatoms. The van der Waals surface area contributed by atoms with Gasteiger partial charge in [-0.3, -0.25) is 0 Å².